The Labute approximate surface area is 156 Å². The van der Waals surface area contributed by atoms with E-state index in [1.807, 2.05) is 41.3 Å². The van der Waals surface area contributed by atoms with E-state index < -0.39 is 12.0 Å². The highest BCUT2D eigenvalue weighted by molar-refractivity contribution is 6.05. The van der Waals surface area contributed by atoms with E-state index in [0.717, 1.165) is 42.4 Å². The SMILES string of the molecule is O=C(Nc1ccc2[nH]cc([C@H](C(=O)O)N3CCCC3)c2c1)c1ccccc1. The van der Waals surface area contributed by atoms with Crippen LogP contribution in [-0.4, -0.2) is 40.0 Å². The maximum Gasteiger partial charge on any atom is 0.325 e. The molecule has 1 aliphatic heterocycles. The smallest absolute Gasteiger partial charge is 0.325 e. The summed E-state index contributed by atoms with van der Waals surface area (Å²) in [6.45, 7) is 1.57. The van der Waals surface area contributed by atoms with Crippen molar-refractivity contribution in [3.8, 4) is 0 Å². The number of H-pyrrole nitrogens is 1. The van der Waals surface area contributed by atoms with Gasteiger partial charge in [-0.05, 0) is 56.3 Å². The van der Waals surface area contributed by atoms with Gasteiger partial charge in [0.1, 0.15) is 6.04 Å². The zero-order valence-electron chi connectivity index (χ0n) is 14.8. The van der Waals surface area contributed by atoms with Gasteiger partial charge in [-0.2, -0.15) is 0 Å². The highest BCUT2D eigenvalue weighted by Crippen LogP contribution is 2.32. The van der Waals surface area contributed by atoms with Gasteiger partial charge < -0.3 is 15.4 Å². The van der Waals surface area contributed by atoms with E-state index in [-0.39, 0.29) is 5.91 Å². The molecule has 6 nitrogen and oxygen atoms in total. The predicted octanol–water partition coefficient (Wildman–Crippen LogP) is 3.64. The van der Waals surface area contributed by atoms with Crippen molar-refractivity contribution in [1.82, 2.24) is 9.88 Å². The van der Waals surface area contributed by atoms with Crippen LogP contribution in [0.2, 0.25) is 0 Å². The summed E-state index contributed by atoms with van der Waals surface area (Å²) >= 11 is 0. The molecule has 138 valence electrons. The van der Waals surface area contributed by atoms with Crippen molar-refractivity contribution in [1.29, 1.82) is 0 Å². The van der Waals surface area contributed by atoms with Gasteiger partial charge in [-0.3, -0.25) is 14.5 Å². The number of likely N-dealkylation sites (tertiary alicyclic amines) is 1. The molecule has 3 N–H and O–H groups in total. The molecule has 1 aliphatic rings. The van der Waals surface area contributed by atoms with E-state index in [1.165, 1.54) is 0 Å². The number of anilines is 1. The Morgan fingerprint density at radius 3 is 2.52 bits per heavy atom. The normalized spacial score (nSPS) is 15.7. The second-order valence-electron chi connectivity index (χ2n) is 6.81. The molecule has 27 heavy (non-hydrogen) atoms. The van der Waals surface area contributed by atoms with Crippen LogP contribution in [0, 0.1) is 0 Å². The van der Waals surface area contributed by atoms with Gasteiger partial charge in [0.15, 0.2) is 0 Å². The van der Waals surface area contributed by atoms with Gasteiger partial charge in [0.25, 0.3) is 5.91 Å². The zero-order chi connectivity index (χ0) is 18.8. The average molecular weight is 363 g/mol. The van der Waals surface area contributed by atoms with E-state index in [4.69, 9.17) is 0 Å². The number of aromatic nitrogens is 1. The van der Waals surface area contributed by atoms with Crippen molar-refractivity contribution in [2.75, 3.05) is 18.4 Å². The van der Waals surface area contributed by atoms with Crippen molar-refractivity contribution in [2.45, 2.75) is 18.9 Å². The first kappa shape index (κ1) is 17.3. The zero-order valence-corrected chi connectivity index (χ0v) is 14.8. The first-order valence-electron chi connectivity index (χ1n) is 9.08. The van der Waals surface area contributed by atoms with Crippen LogP contribution in [0.15, 0.2) is 54.7 Å². The Morgan fingerprint density at radius 2 is 1.81 bits per heavy atom. The molecule has 2 heterocycles. The molecule has 1 saturated heterocycles. The molecule has 0 spiro atoms. The minimum absolute atomic E-state index is 0.193. The second kappa shape index (κ2) is 7.25. The standard InChI is InChI=1S/C21H21N3O3/c25-20(14-6-2-1-3-7-14)23-15-8-9-18-16(12-15)17(13-22-18)19(21(26)27)24-10-4-5-11-24/h1-3,6-9,12-13,19,22H,4-5,10-11H2,(H,23,25)(H,26,27)/t19-/m1/s1. The monoisotopic (exact) mass is 363 g/mol. The lowest BCUT2D eigenvalue weighted by Crippen LogP contribution is -2.31. The van der Waals surface area contributed by atoms with Crippen molar-refractivity contribution in [3.05, 3.63) is 65.9 Å². The number of hydrogen-bond donors (Lipinski definition) is 3. The van der Waals surface area contributed by atoms with Gasteiger partial charge in [-0.25, -0.2) is 0 Å². The first-order chi connectivity index (χ1) is 13.1. The number of nitrogens with one attached hydrogen (secondary N) is 2. The van der Waals surface area contributed by atoms with Crippen molar-refractivity contribution >= 4 is 28.5 Å². The molecular weight excluding hydrogens is 342 g/mol. The lowest BCUT2D eigenvalue weighted by molar-refractivity contribution is -0.143. The summed E-state index contributed by atoms with van der Waals surface area (Å²) in [5, 5.41) is 13.5. The first-order valence-corrected chi connectivity index (χ1v) is 9.08. The van der Waals surface area contributed by atoms with Gasteiger partial charge in [-0.1, -0.05) is 18.2 Å². The molecule has 1 amide bonds. The molecule has 0 unspecified atom stereocenters. The van der Waals surface area contributed by atoms with Crippen LogP contribution in [-0.2, 0) is 4.79 Å². The van der Waals surface area contributed by atoms with Crippen molar-refractivity contribution in [3.63, 3.8) is 0 Å². The summed E-state index contributed by atoms with van der Waals surface area (Å²) in [5.74, 6) is -1.04. The predicted molar refractivity (Wildman–Crippen MR) is 104 cm³/mol. The van der Waals surface area contributed by atoms with Crippen LogP contribution in [0.1, 0.15) is 34.8 Å². The van der Waals surface area contributed by atoms with E-state index in [9.17, 15) is 14.7 Å². The summed E-state index contributed by atoms with van der Waals surface area (Å²) in [5.41, 5.74) is 2.80. The Kier molecular flexibility index (Phi) is 4.64. The molecule has 3 aromatic rings. The van der Waals surface area contributed by atoms with Crippen LogP contribution < -0.4 is 5.32 Å². The molecule has 0 aliphatic carbocycles. The number of carboxylic acid groups (broad SMARTS) is 1. The third kappa shape index (κ3) is 3.44. The molecule has 0 radical (unpaired) electrons. The summed E-state index contributed by atoms with van der Waals surface area (Å²) in [6.07, 6.45) is 3.81. The number of hydrogen-bond acceptors (Lipinski definition) is 3. The number of carbonyl (C=O) groups excluding carboxylic acids is 1. The molecule has 1 aromatic heterocycles. The number of rotatable bonds is 5. The van der Waals surface area contributed by atoms with Crippen molar-refractivity contribution in [2.24, 2.45) is 0 Å². The van der Waals surface area contributed by atoms with Crippen molar-refractivity contribution < 1.29 is 14.7 Å². The van der Waals surface area contributed by atoms with Crippen LogP contribution >= 0.6 is 0 Å². The Bertz CT molecular complexity index is 975. The Hall–Kier alpha value is -3.12. The third-order valence-corrected chi connectivity index (χ3v) is 5.04. The lowest BCUT2D eigenvalue weighted by atomic mass is 10.0. The quantitative estimate of drug-likeness (QED) is 0.646. The van der Waals surface area contributed by atoms with Crippen LogP contribution in [0.3, 0.4) is 0 Å². The van der Waals surface area contributed by atoms with Crippen LogP contribution in [0.5, 0.6) is 0 Å². The molecule has 2 aromatic carbocycles. The molecule has 0 bridgehead atoms. The third-order valence-electron chi connectivity index (χ3n) is 5.04. The van der Waals surface area contributed by atoms with Gasteiger partial charge in [0.2, 0.25) is 0 Å². The highest BCUT2D eigenvalue weighted by atomic mass is 16.4. The minimum Gasteiger partial charge on any atom is -0.480 e. The number of carboxylic acids is 1. The van der Waals surface area contributed by atoms with Gasteiger partial charge >= 0.3 is 5.97 Å². The fourth-order valence-electron chi connectivity index (χ4n) is 3.72. The average Bonchev–Trinajstić information content (AvgIpc) is 3.33. The lowest BCUT2D eigenvalue weighted by Gasteiger charge is -2.23. The molecule has 0 saturated carbocycles. The number of aromatic amines is 1. The number of amides is 1. The van der Waals surface area contributed by atoms with Gasteiger partial charge in [0, 0.05) is 33.9 Å². The van der Waals surface area contributed by atoms with E-state index in [2.05, 4.69) is 10.3 Å². The molecular formula is C21H21N3O3. The minimum atomic E-state index is -0.850. The fourth-order valence-corrected chi connectivity index (χ4v) is 3.72. The number of nitrogens with zero attached hydrogens (tertiary/aromatic N) is 1. The summed E-state index contributed by atoms with van der Waals surface area (Å²) in [7, 11) is 0. The maximum atomic E-state index is 12.4. The summed E-state index contributed by atoms with van der Waals surface area (Å²) in [6, 6.07) is 13.8. The second-order valence-corrected chi connectivity index (χ2v) is 6.81. The number of fused-ring (bicyclic) bond motifs is 1. The van der Waals surface area contributed by atoms with E-state index >= 15 is 0 Å². The molecule has 1 fully saturated rings. The topological polar surface area (TPSA) is 85.4 Å². The highest BCUT2D eigenvalue weighted by Gasteiger charge is 2.31. The Morgan fingerprint density at radius 1 is 1.07 bits per heavy atom. The molecule has 1 atom stereocenters. The summed E-state index contributed by atoms with van der Waals surface area (Å²) in [4.78, 5) is 29.5. The van der Waals surface area contributed by atoms with Crippen LogP contribution in [0.25, 0.3) is 10.9 Å². The van der Waals surface area contributed by atoms with Gasteiger partial charge in [0.05, 0.1) is 0 Å². The molecule has 6 heteroatoms. The molecule has 4 rings (SSSR count). The van der Waals surface area contributed by atoms with E-state index in [1.54, 1.807) is 18.3 Å². The fraction of sp³-hybridized carbons (Fsp3) is 0.238. The largest absolute Gasteiger partial charge is 0.480 e. The Balaban J connectivity index is 1.66. The number of carbonyl (C=O) groups is 2. The maximum absolute atomic E-state index is 12.4. The van der Waals surface area contributed by atoms with Gasteiger partial charge in [-0.15, -0.1) is 0 Å². The van der Waals surface area contributed by atoms with Crippen LogP contribution in [0.4, 0.5) is 5.69 Å². The number of aliphatic carboxylic acids is 1. The van der Waals surface area contributed by atoms with E-state index in [0.29, 0.717) is 11.3 Å². The summed E-state index contributed by atoms with van der Waals surface area (Å²) < 4.78 is 0. The number of benzene rings is 2.